The minimum Gasteiger partial charge on any atom is -0.256 e. The maximum absolute atomic E-state index is 13.8. The molecule has 0 aromatic heterocycles. The van der Waals surface area contributed by atoms with Gasteiger partial charge in [0.15, 0.2) is 0 Å². The number of para-hydroxylation sites is 1. The fraction of sp³-hybridized carbons (Fsp3) is 0.235. The lowest BCUT2D eigenvalue weighted by Crippen LogP contribution is -2.27. The molecule has 0 fully saturated rings. The molecule has 0 amide bonds. The number of fused-ring (bicyclic) bond motifs is 1. The number of aliphatic imine (C=N–C) groups is 1. The van der Waals surface area contributed by atoms with E-state index in [1.165, 1.54) is 11.6 Å². The first-order valence-corrected chi connectivity index (χ1v) is 6.50. The average molecular weight is 253 g/mol. The van der Waals surface area contributed by atoms with Gasteiger partial charge >= 0.3 is 0 Å². The largest absolute Gasteiger partial charge is 0.256 e. The molecule has 0 N–H and O–H groups in total. The highest BCUT2D eigenvalue weighted by molar-refractivity contribution is 6.02. The van der Waals surface area contributed by atoms with Crippen molar-refractivity contribution in [2.24, 2.45) is 4.99 Å². The van der Waals surface area contributed by atoms with Crippen molar-refractivity contribution in [3.8, 4) is 0 Å². The van der Waals surface area contributed by atoms with Crippen LogP contribution in [0.15, 0.2) is 53.5 Å². The van der Waals surface area contributed by atoms with E-state index in [0.29, 0.717) is 12.0 Å². The van der Waals surface area contributed by atoms with Gasteiger partial charge in [-0.1, -0.05) is 50.2 Å². The highest BCUT2D eigenvalue weighted by Gasteiger charge is 2.34. The SMILES string of the molecule is CC1(C)C(Cc2ccccc2F)=Nc2ccccc21. The van der Waals surface area contributed by atoms with Gasteiger partial charge in [0.05, 0.1) is 5.69 Å². The molecule has 0 radical (unpaired) electrons. The molecule has 19 heavy (non-hydrogen) atoms. The zero-order valence-electron chi connectivity index (χ0n) is 11.2. The van der Waals surface area contributed by atoms with E-state index in [9.17, 15) is 4.39 Å². The molecule has 0 saturated heterocycles. The summed E-state index contributed by atoms with van der Waals surface area (Å²) >= 11 is 0. The number of halogens is 1. The van der Waals surface area contributed by atoms with Crippen molar-refractivity contribution in [3.63, 3.8) is 0 Å². The topological polar surface area (TPSA) is 12.4 Å². The summed E-state index contributed by atoms with van der Waals surface area (Å²) in [7, 11) is 0. The molecule has 0 saturated carbocycles. The minimum absolute atomic E-state index is 0.126. The Balaban J connectivity index is 1.98. The van der Waals surface area contributed by atoms with Crippen LogP contribution in [-0.4, -0.2) is 5.71 Å². The second kappa shape index (κ2) is 4.30. The Labute approximate surface area is 112 Å². The molecule has 0 spiro atoms. The zero-order valence-corrected chi connectivity index (χ0v) is 11.2. The maximum Gasteiger partial charge on any atom is 0.126 e. The van der Waals surface area contributed by atoms with E-state index in [1.807, 2.05) is 30.3 Å². The number of benzene rings is 2. The van der Waals surface area contributed by atoms with Crippen molar-refractivity contribution in [1.82, 2.24) is 0 Å². The highest BCUT2D eigenvalue weighted by atomic mass is 19.1. The maximum atomic E-state index is 13.8. The van der Waals surface area contributed by atoms with Crippen LogP contribution in [0.5, 0.6) is 0 Å². The van der Waals surface area contributed by atoms with Crippen LogP contribution in [0, 0.1) is 5.82 Å². The van der Waals surface area contributed by atoms with Crippen molar-refractivity contribution in [2.75, 3.05) is 0 Å². The van der Waals surface area contributed by atoms with Gasteiger partial charge < -0.3 is 0 Å². The Morgan fingerprint density at radius 1 is 1.00 bits per heavy atom. The van der Waals surface area contributed by atoms with Gasteiger partial charge in [-0.15, -0.1) is 0 Å². The number of hydrogen-bond acceptors (Lipinski definition) is 1. The number of hydrogen-bond donors (Lipinski definition) is 0. The van der Waals surface area contributed by atoms with Crippen molar-refractivity contribution < 1.29 is 4.39 Å². The number of nitrogens with zero attached hydrogens (tertiary/aromatic N) is 1. The normalized spacial score (nSPS) is 16.1. The molecule has 96 valence electrons. The van der Waals surface area contributed by atoms with Crippen LogP contribution in [-0.2, 0) is 11.8 Å². The summed E-state index contributed by atoms with van der Waals surface area (Å²) in [6.45, 7) is 4.30. The van der Waals surface area contributed by atoms with Gasteiger partial charge in [0.2, 0.25) is 0 Å². The Kier molecular flexibility index (Phi) is 2.74. The molecule has 2 aromatic carbocycles. The third-order valence-corrected chi connectivity index (χ3v) is 3.87. The summed E-state index contributed by atoms with van der Waals surface area (Å²) in [4.78, 5) is 4.69. The first-order valence-electron chi connectivity index (χ1n) is 6.50. The molecular formula is C17H16FN. The lowest BCUT2D eigenvalue weighted by Gasteiger charge is -2.22. The van der Waals surface area contributed by atoms with Crippen molar-refractivity contribution in [3.05, 3.63) is 65.5 Å². The Hall–Kier alpha value is -1.96. The highest BCUT2D eigenvalue weighted by Crippen LogP contribution is 2.40. The van der Waals surface area contributed by atoms with E-state index >= 15 is 0 Å². The Morgan fingerprint density at radius 3 is 2.42 bits per heavy atom. The van der Waals surface area contributed by atoms with Gasteiger partial charge in [-0.2, -0.15) is 0 Å². The standard InChI is InChI=1S/C17H16FN/c1-17(2)13-8-4-6-10-15(13)19-16(17)11-12-7-3-5-9-14(12)18/h3-10H,11H2,1-2H3. The fourth-order valence-corrected chi connectivity index (χ4v) is 2.62. The molecule has 2 heteroatoms. The van der Waals surface area contributed by atoms with Crippen LogP contribution >= 0.6 is 0 Å². The molecule has 1 aliphatic rings. The van der Waals surface area contributed by atoms with E-state index in [4.69, 9.17) is 4.99 Å². The lowest BCUT2D eigenvalue weighted by atomic mass is 9.79. The number of rotatable bonds is 2. The van der Waals surface area contributed by atoms with Crippen LogP contribution in [0.3, 0.4) is 0 Å². The Bertz CT molecular complexity index is 656. The second-order valence-electron chi connectivity index (χ2n) is 5.47. The van der Waals surface area contributed by atoms with E-state index in [2.05, 4.69) is 19.9 Å². The summed E-state index contributed by atoms with van der Waals surface area (Å²) in [5.74, 6) is -0.156. The minimum atomic E-state index is -0.156. The first kappa shape index (κ1) is 12.1. The smallest absolute Gasteiger partial charge is 0.126 e. The van der Waals surface area contributed by atoms with E-state index in [-0.39, 0.29) is 11.2 Å². The lowest BCUT2D eigenvalue weighted by molar-refractivity contribution is 0.613. The van der Waals surface area contributed by atoms with Crippen LogP contribution in [0.1, 0.15) is 25.0 Å². The van der Waals surface area contributed by atoms with Crippen LogP contribution in [0.4, 0.5) is 10.1 Å². The molecule has 0 unspecified atom stereocenters. The third kappa shape index (κ3) is 1.97. The van der Waals surface area contributed by atoms with E-state index < -0.39 is 0 Å². The summed E-state index contributed by atoms with van der Waals surface area (Å²) in [5.41, 5.74) is 3.85. The molecule has 1 aliphatic heterocycles. The van der Waals surface area contributed by atoms with Crippen molar-refractivity contribution >= 4 is 11.4 Å². The van der Waals surface area contributed by atoms with Crippen LogP contribution in [0.2, 0.25) is 0 Å². The van der Waals surface area contributed by atoms with Gasteiger partial charge in [-0.25, -0.2) is 4.39 Å². The molecule has 0 atom stereocenters. The molecule has 0 aliphatic carbocycles. The van der Waals surface area contributed by atoms with Gasteiger partial charge in [-0.3, -0.25) is 4.99 Å². The zero-order chi connectivity index (χ0) is 13.5. The summed E-state index contributed by atoms with van der Waals surface area (Å²) in [6, 6.07) is 15.1. The first-order chi connectivity index (χ1) is 9.09. The predicted molar refractivity (Wildman–Crippen MR) is 76.7 cm³/mol. The molecule has 1 heterocycles. The fourth-order valence-electron chi connectivity index (χ4n) is 2.62. The summed E-state index contributed by atoms with van der Waals surface area (Å²) in [6.07, 6.45) is 0.564. The summed E-state index contributed by atoms with van der Waals surface area (Å²) < 4.78 is 13.8. The molecule has 1 nitrogen and oxygen atoms in total. The van der Waals surface area contributed by atoms with E-state index in [0.717, 1.165) is 11.4 Å². The predicted octanol–water partition coefficient (Wildman–Crippen LogP) is 4.43. The van der Waals surface area contributed by atoms with E-state index in [1.54, 1.807) is 6.07 Å². The third-order valence-electron chi connectivity index (χ3n) is 3.87. The van der Waals surface area contributed by atoms with Gasteiger partial charge in [0.25, 0.3) is 0 Å². The van der Waals surface area contributed by atoms with Crippen LogP contribution in [0.25, 0.3) is 0 Å². The molecular weight excluding hydrogens is 237 g/mol. The van der Waals surface area contributed by atoms with Gasteiger partial charge in [0.1, 0.15) is 5.82 Å². The Morgan fingerprint density at radius 2 is 1.68 bits per heavy atom. The van der Waals surface area contributed by atoms with Crippen molar-refractivity contribution in [1.29, 1.82) is 0 Å². The monoisotopic (exact) mass is 253 g/mol. The molecule has 0 bridgehead atoms. The van der Waals surface area contributed by atoms with Crippen LogP contribution < -0.4 is 0 Å². The second-order valence-corrected chi connectivity index (χ2v) is 5.47. The van der Waals surface area contributed by atoms with Gasteiger partial charge in [-0.05, 0) is 23.3 Å². The average Bonchev–Trinajstić information content (AvgIpc) is 2.65. The molecule has 3 rings (SSSR count). The summed E-state index contributed by atoms with van der Waals surface area (Å²) in [5, 5.41) is 0. The van der Waals surface area contributed by atoms with Crippen molar-refractivity contribution in [2.45, 2.75) is 25.7 Å². The quantitative estimate of drug-likeness (QED) is 0.750. The molecule has 2 aromatic rings. The van der Waals surface area contributed by atoms with Gasteiger partial charge in [0, 0.05) is 17.5 Å².